The second-order valence-electron chi connectivity index (χ2n) is 7.42. The van der Waals surface area contributed by atoms with E-state index in [1.54, 1.807) is 0 Å². The van der Waals surface area contributed by atoms with Crippen molar-refractivity contribution in [2.45, 2.75) is 44.9 Å². The zero-order valence-electron chi connectivity index (χ0n) is 15.0. The molecule has 0 amide bonds. The normalized spacial score (nSPS) is 18.4. The molecular formula is C22H28N2. The molecule has 1 atom stereocenters. The van der Waals surface area contributed by atoms with Crippen molar-refractivity contribution in [3.63, 3.8) is 0 Å². The van der Waals surface area contributed by atoms with Gasteiger partial charge in [0.1, 0.15) is 0 Å². The van der Waals surface area contributed by atoms with Gasteiger partial charge in [-0.2, -0.15) is 5.26 Å². The molecule has 0 aliphatic carbocycles. The second kappa shape index (κ2) is 7.36. The summed E-state index contributed by atoms with van der Waals surface area (Å²) in [5.41, 5.74) is 0.785. The highest BCUT2D eigenvalue weighted by atomic mass is 15.1. The molecule has 0 aromatic heterocycles. The lowest BCUT2D eigenvalue weighted by Crippen LogP contribution is -2.38. The Bertz CT molecular complexity index is 717. The van der Waals surface area contributed by atoms with Gasteiger partial charge in [0.05, 0.1) is 11.5 Å². The molecule has 0 N–H and O–H groups in total. The fraction of sp³-hybridized carbons (Fsp3) is 0.500. The lowest BCUT2D eigenvalue weighted by Gasteiger charge is -2.35. The predicted octanol–water partition coefficient (Wildman–Crippen LogP) is 5.13. The van der Waals surface area contributed by atoms with Gasteiger partial charge in [0.25, 0.3) is 0 Å². The van der Waals surface area contributed by atoms with E-state index >= 15 is 0 Å². The number of rotatable bonds is 5. The van der Waals surface area contributed by atoms with Crippen molar-refractivity contribution in [2.24, 2.45) is 5.92 Å². The van der Waals surface area contributed by atoms with Crippen LogP contribution in [0.3, 0.4) is 0 Å². The Hall–Kier alpha value is -1.85. The van der Waals surface area contributed by atoms with Gasteiger partial charge in [0, 0.05) is 0 Å². The first-order valence-corrected chi connectivity index (χ1v) is 9.29. The van der Waals surface area contributed by atoms with Crippen LogP contribution in [0.4, 0.5) is 0 Å². The second-order valence-corrected chi connectivity index (χ2v) is 7.42. The third-order valence-electron chi connectivity index (χ3n) is 5.73. The van der Waals surface area contributed by atoms with E-state index in [0.29, 0.717) is 0 Å². The Morgan fingerprint density at radius 2 is 1.75 bits per heavy atom. The quantitative estimate of drug-likeness (QED) is 0.763. The number of nitriles is 1. The van der Waals surface area contributed by atoms with Crippen molar-refractivity contribution in [1.82, 2.24) is 4.90 Å². The average Bonchev–Trinajstić information content (AvgIpc) is 2.63. The number of piperidine rings is 1. The minimum absolute atomic E-state index is 0.290. The van der Waals surface area contributed by atoms with Gasteiger partial charge in [-0.25, -0.2) is 0 Å². The first-order valence-electron chi connectivity index (χ1n) is 9.29. The van der Waals surface area contributed by atoms with E-state index in [0.717, 1.165) is 13.0 Å². The number of fused-ring (bicyclic) bond motifs is 1. The molecule has 0 spiro atoms. The molecule has 0 bridgehead atoms. The average molecular weight is 320 g/mol. The van der Waals surface area contributed by atoms with Crippen LogP contribution in [0.5, 0.6) is 0 Å². The van der Waals surface area contributed by atoms with Crippen molar-refractivity contribution in [3.8, 4) is 6.07 Å². The molecule has 1 saturated heterocycles. The lowest BCUT2D eigenvalue weighted by molar-refractivity contribution is 0.202. The Kier molecular flexibility index (Phi) is 5.21. The van der Waals surface area contributed by atoms with Crippen LogP contribution in [-0.2, 0) is 5.41 Å². The molecule has 1 aliphatic heterocycles. The number of likely N-dealkylation sites (tertiary alicyclic amines) is 1. The van der Waals surface area contributed by atoms with E-state index in [-0.39, 0.29) is 5.92 Å². The van der Waals surface area contributed by atoms with Crippen LogP contribution in [0.15, 0.2) is 42.5 Å². The molecule has 2 aromatic carbocycles. The molecule has 0 saturated carbocycles. The maximum absolute atomic E-state index is 10.2. The Morgan fingerprint density at radius 1 is 1.04 bits per heavy atom. The molecule has 2 aromatic rings. The molecule has 3 rings (SSSR count). The van der Waals surface area contributed by atoms with Crippen molar-refractivity contribution >= 4 is 10.8 Å². The molecule has 1 heterocycles. The molecule has 24 heavy (non-hydrogen) atoms. The van der Waals surface area contributed by atoms with Gasteiger partial charge < -0.3 is 4.90 Å². The topological polar surface area (TPSA) is 27.0 Å². The number of benzene rings is 2. The van der Waals surface area contributed by atoms with E-state index < -0.39 is 5.41 Å². The summed E-state index contributed by atoms with van der Waals surface area (Å²) in [6, 6.07) is 17.6. The van der Waals surface area contributed by atoms with E-state index in [4.69, 9.17) is 0 Å². The van der Waals surface area contributed by atoms with Gasteiger partial charge in [0.2, 0.25) is 0 Å². The fourth-order valence-corrected chi connectivity index (χ4v) is 4.11. The minimum atomic E-state index is -0.418. The van der Waals surface area contributed by atoms with Gasteiger partial charge in [-0.15, -0.1) is 0 Å². The number of nitrogens with zero attached hydrogens (tertiary/aromatic N) is 2. The zero-order chi connectivity index (χ0) is 17.0. The van der Waals surface area contributed by atoms with Crippen LogP contribution in [0.2, 0.25) is 0 Å². The summed E-state index contributed by atoms with van der Waals surface area (Å²) < 4.78 is 0. The molecular weight excluding hydrogens is 292 g/mol. The first-order chi connectivity index (χ1) is 11.7. The highest BCUT2D eigenvalue weighted by Gasteiger charge is 2.37. The van der Waals surface area contributed by atoms with E-state index in [9.17, 15) is 5.26 Å². The molecule has 2 nitrogen and oxygen atoms in total. The van der Waals surface area contributed by atoms with Crippen LogP contribution in [0, 0.1) is 17.2 Å². The van der Waals surface area contributed by atoms with Crippen molar-refractivity contribution in [2.75, 3.05) is 19.6 Å². The van der Waals surface area contributed by atoms with E-state index in [2.05, 4.69) is 67.3 Å². The molecule has 2 heteroatoms. The van der Waals surface area contributed by atoms with E-state index in [1.807, 2.05) is 0 Å². The first kappa shape index (κ1) is 17.0. The largest absolute Gasteiger partial charge is 0.303 e. The molecule has 126 valence electrons. The monoisotopic (exact) mass is 320 g/mol. The highest BCUT2D eigenvalue weighted by Crippen LogP contribution is 2.39. The molecule has 1 aliphatic rings. The van der Waals surface area contributed by atoms with Gasteiger partial charge in [0.15, 0.2) is 0 Å². The summed E-state index contributed by atoms with van der Waals surface area (Å²) in [7, 11) is 0. The Morgan fingerprint density at radius 3 is 2.46 bits per heavy atom. The van der Waals surface area contributed by atoms with Crippen LogP contribution in [0.1, 0.15) is 45.1 Å². The summed E-state index contributed by atoms with van der Waals surface area (Å²) >= 11 is 0. The van der Waals surface area contributed by atoms with E-state index in [1.165, 1.54) is 48.7 Å². The summed E-state index contributed by atoms with van der Waals surface area (Å²) in [4.78, 5) is 2.54. The molecule has 1 fully saturated rings. The Balaban J connectivity index is 1.97. The predicted molar refractivity (Wildman–Crippen MR) is 101 cm³/mol. The SMILES string of the molecule is CC(C)C(C#N)(CCN1CCCCC1)c1cccc2ccccc12. The highest BCUT2D eigenvalue weighted by molar-refractivity contribution is 5.87. The van der Waals surface area contributed by atoms with Crippen LogP contribution < -0.4 is 0 Å². The van der Waals surface area contributed by atoms with Crippen molar-refractivity contribution in [1.29, 1.82) is 5.26 Å². The third-order valence-corrected chi connectivity index (χ3v) is 5.73. The van der Waals surface area contributed by atoms with Crippen LogP contribution in [-0.4, -0.2) is 24.5 Å². The smallest absolute Gasteiger partial charge is 0.0863 e. The van der Waals surface area contributed by atoms with Gasteiger partial charge >= 0.3 is 0 Å². The Labute approximate surface area is 146 Å². The molecule has 1 unspecified atom stereocenters. The number of hydrogen-bond donors (Lipinski definition) is 0. The summed E-state index contributed by atoms with van der Waals surface area (Å²) in [5, 5.41) is 12.7. The molecule has 0 radical (unpaired) electrons. The van der Waals surface area contributed by atoms with Gasteiger partial charge in [-0.1, -0.05) is 62.7 Å². The maximum atomic E-state index is 10.2. The zero-order valence-corrected chi connectivity index (χ0v) is 15.0. The maximum Gasteiger partial charge on any atom is 0.0863 e. The summed E-state index contributed by atoms with van der Waals surface area (Å²) in [6.07, 6.45) is 4.87. The van der Waals surface area contributed by atoms with Crippen molar-refractivity contribution in [3.05, 3.63) is 48.0 Å². The minimum Gasteiger partial charge on any atom is -0.303 e. The number of hydrogen-bond acceptors (Lipinski definition) is 2. The lowest BCUT2D eigenvalue weighted by atomic mass is 9.69. The summed E-state index contributed by atoms with van der Waals surface area (Å²) in [6.45, 7) is 7.79. The van der Waals surface area contributed by atoms with Crippen molar-refractivity contribution < 1.29 is 0 Å². The summed E-state index contributed by atoms with van der Waals surface area (Å²) in [5.74, 6) is 0.290. The van der Waals surface area contributed by atoms with Gasteiger partial charge in [-0.3, -0.25) is 0 Å². The fourth-order valence-electron chi connectivity index (χ4n) is 4.11. The van der Waals surface area contributed by atoms with Crippen LogP contribution in [0.25, 0.3) is 10.8 Å². The van der Waals surface area contributed by atoms with Crippen LogP contribution >= 0.6 is 0 Å². The standard InChI is InChI=1S/C22H28N2/c1-18(2)22(17-23,13-16-24-14-6-3-7-15-24)21-12-8-10-19-9-4-5-11-20(19)21/h4-5,8-12,18H,3,6-7,13-16H2,1-2H3. The third kappa shape index (κ3) is 3.19. The van der Waals surface area contributed by atoms with Gasteiger partial charge in [-0.05, 0) is 61.2 Å².